The molecule has 0 bridgehead atoms. The van der Waals surface area contributed by atoms with Crippen LogP contribution < -0.4 is 5.32 Å². The Morgan fingerprint density at radius 2 is 2.00 bits per heavy atom. The number of piperazine rings is 1. The predicted molar refractivity (Wildman–Crippen MR) is 74.2 cm³/mol. The molecular weight excluding hydrogens is 238 g/mol. The van der Waals surface area contributed by atoms with Crippen LogP contribution in [0.15, 0.2) is 30.5 Å². The third kappa shape index (κ3) is 2.83. The van der Waals surface area contributed by atoms with Crippen molar-refractivity contribution in [2.75, 3.05) is 26.2 Å². The molecule has 0 saturated carbocycles. The molecule has 5 heteroatoms. The van der Waals surface area contributed by atoms with Gasteiger partial charge in [0.2, 0.25) is 0 Å². The van der Waals surface area contributed by atoms with E-state index in [1.165, 1.54) is 5.56 Å². The molecule has 1 aliphatic rings. The van der Waals surface area contributed by atoms with Gasteiger partial charge in [-0.05, 0) is 18.6 Å². The van der Waals surface area contributed by atoms with Crippen LogP contribution in [0.5, 0.6) is 0 Å². The van der Waals surface area contributed by atoms with Gasteiger partial charge in [0, 0.05) is 32.7 Å². The van der Waals surface area contributed by atoms with Crippen LogP contribution in [-0.4, -0.2) is 46.1 Å². The van der Waals surface area contributed by atoms with E-state index in [-0.39, 0.29) is 0 Å². The first-order valence-corrected chi connectivity index (χ1v) is 6.73. The van der Waals surface area contributed by atoms with E-state index in [1.807, 2.05) is 13.0 Å². The molecule has 3 rings (SSSR count). The molecular formula is C14H19N5. The Morgan fingerprint density at radius 1 is 1.21 bits per heavy atom. The lowest BCUT2D eigenvalue weighted by Gasteiger charge is -2.27. The van der Waals surface area contributed by atoms with Gasteiger partial charge < -0.3 is 5.32 Å². The van der Waals surface area contributed by atoms with Gasteiger partial charge in [-0.1, -0.05) is 18.2 Å². The summed E-state index contributed by atoms with van der Waals surface area (Å²) < 4.78 is 0. The summed E-state index contributed by atoms with van der Waals surface area (Å²) in [5.74, 6) is 0. The highest BCUT2D eigenvalue weighted by Gasteiger charge is 2.13. The number of aromatic nitrogens is 3. The minimum absolute atomic E-state index is 0.942. The summed E-state index contributed by atoms with van der Waals surface area (Å²) in [6.45, 7) is 7.25. The number of benzene rings is 1. The number of aryl methyl sites for hydroxylation is 1. The number of nitrogens with zero attached hydrogens (tertiary/aromatic N) is 4. The molecule has 100 valence electrons. The Kier molecular flexibility index (Phi) is 3.57. The van der Waals surface area contributed by atoms with Crippen LogP contribution in [-0.2, 0) is 6.54 Å². The second kappa shape index (κ2) is 5.50. The average Bonchev–Trinajstić information content (AvgIpc) is 2.87. The Bertz CT molecular complexity index is 542. The van der Waals surface area contributed by atoms with Gasteiger partial charge in [0.25, 0.3) is 0 Å². The van der Waals surface area contributed by atoms with Crippen LogP contribution in [0, 0.1) is 6.92 Å². The molecule has 2 heterocycles. The van der Waals surface area contributed by atoms with E-state index < -0.39 is 0 Å². The van der Waals surface area contributed by atoms with Crippen LogP contribution >= 0.6 is 0 Å². The topological polar surface area (TPSA) is 46.0 Å². The molecule has 2 aromatic rings. The SMILES string of the molecule is Cc1cnn(-c2ccccc2CN2CCNCC2)n1. The lowest BCUT2D eigenvalue weighted by atomic mass is 10.1. The summed E-state index contributed by atoms with van der Waals surface area (Å²) >= 11 is 0. The molecule has 1 aromatic heterocycles. The fraction of sp³-hybridized carbons (Fsp3) is 0.429. The van der Waals surface area contributed by atoms with Crippen LogP contribution in [0.1, 0.15) is 11.3 Å². The summed E-state index contributed by atoms with van der Waals surface area (Å²) in [5.41, 5.74) is 3.30. The molecule has 1 fully saturated rings. The fourth-order valence-electron chi connectivity index (χ4n) is 2.41. The van der Waals surface area contributed by atoms with Crippen molar-refractivity contribution in [2.24, 2.45) is 0 Å². The predicted octanol–water partition coefficient (Wildman–Crippen LogP) is 0.981. The normalized spacial score (nSPS) is 16.7. The maximum Gasteiger partial charge on any atom is 0.0901 e. The fourth-order valence-corrected chi connectivity index (χ4v) is 2.41. The third-order valence-corrected chi connectivity index (χ3v) is 3.42. The zero-order chi connectivity index (χ0) is 13.1. The van der Waals surface area contributed by atoms with E-state index in [2.05, 4.69) is 38.6 Å². The summed E-state index contributed by atoms with van der Waals surface area (Å²) in [6.07, 6.45) is 1.79. The van der Waals surface area contributed by atoms with Gasteiger partial charge in [-0.25, -0.2) is 0 Å². The van der Waals surface area contributed by atoms with Gasteiger partial charge in [-0.3, -0.25) is 4.90 Å². The molecule has 19 heavy (non-hydrogen) atoms. The van der Waals surface area contributed by atoms with Crippen molar-refractivity contribution in [3.63, 3.8) is 0 Å². The van der Waals surface area contributed by atoms with Crippen molar-refractivity contribution in [1.29, 1.82) is 0 Å². The standard InChI is InChI=1S/C14H19N5/c1-12-10-16-19(17-12)14-5-3-2-4-13(14)11-18-8-6-15-7-9-18/h2-5,10,15H,6-9,11H2,1H3. The first kappa shape index (κ1) is 12.3. The molecule has 0 spiro atoms. The molecule has 1 N–H and O–H groups in total. The van der Waals surface area contributed by atoms with Crippen molar-refractivity contribution >= 4 is 0 Å². The zero-order valence-corrected chi connectivity index (χ0v) is 11.2. The average molecular weight is 257 g/mol. The highest BCUT2D eigenvalue weighted by atomic mass is 15.5. The second-order valence-corrected chi connectivity index (χ2v) is 4.93. The minimum atomic E-state index is 0.942. The van der Waals surface area contributed by atoms with Crippen molar-refractivity contribution < 1.29 is 0 Å². The van der Waals surface area contributed by atoms with E-state index >= 15 is 0 Å². The monoisotopic (exact) mass is 257 g/mol. The van der Waals surface area contributed by atoms with Crippen molar-refractivity contribution in [3.05, 3.63) is 41.7 Å². The van der Waals surface area contributed by atoms with Crippen molar-refractivity contribution in [1.82, 2.24) is 25.2 Å². The second-order valence-electron chi connectivity index (χ2n) is 4.93. The quantitative estimate of drug-likeness (QED) is 0.890. The van der Waals surface area contributed by atoms with Gasteiger partial charge in [-0.15, -0.1) is 0 Å². The van der Waals surface area contributed by atoms with Crippen LogP contribution in [0.2, 0.25) is 0 Å². The van der Waals surface area contributed by atoms with Gasteiger partial charge in [-0.2, -0.15) is 15.0 Å². The van der Waals surface area contributed by atoms with Crippen LogP contribution in [0.3, 0.4) is 0 Å². The number of hydrogen-bond donors (Lipinski definition) is 1. The highest BCUT2D eigenvalue weighted by molar-refractivity contribution is 5.39. The van der Waals surface area contributed by atoms with Gasteiger partial charge in [0.15, 0.2) is 0 Å². The molecule has 5 nitrogen and oxygen atoms in total. The molecule has 1 saturated heterocycles. The first-order chi connectivity index (χ1) is 9.33. The van der Waals surface area contributed by atoms with Crippen molar-refractivity contribution in [3.8, 4) is 5.69 Å². The van der Waals surface area contributed by atoms with E-state index in [0.29, 0.717) is 0 Å². The Morgan fingerprint density at radius 3 is 2.74 bits per heavy atom. The van der Waals surface area contributed by atoms with Gasteiger partial charge >= 0.3 is 0 Å². The summed E-state index contributed by atoms with van der Waals surface area (Å²) in [4.78, 5) is 4.19. The lowest BCUT2D eigenvalue weighted by Crippen LogP contribution is -2.43. The van der Waals surface area contributed by atoms with E-state index in [0.717, 1.165) is 44.1 Å². The number of nitrogens with one attached hydrogen (secondary N) is 1. The molecule has 1 aliphatic heterocycles. The third-order valence-electron chi connectivity index (χ3n) is 3.42. The molecule has 0 aliphatic carbocycles. The summed E-state index contributed by atoms with van der Waals surface area (Å²) in [7, 11) is 0. The largest absolute Gasteiger partial charge is 0.314 e. The maximum atomic E-state index is 4.41. The smallest absolute Gasteiger partial charge is 0.0901 e. The number of para-hydroxylation sites is 1. The van der Waals surface area contributed by atoms with Crippen LogP contribution in [0.25, 0.3) is 5.69 Å². The highest BCUT2D eigenvalue weighted by Crippen LogP contribution is 2.15. The van der Waals surface area contributed by atoms with E-state index in [1.54, 1.807) is 11.0 Å². The summed E-state index contributed by atoms with van der Waals surface area (Å²) in [6, 6.07) is 8.36. The molecule has 1 aromatic carbocycles. The Labute approximate surface area is 113 Å². The molecule has 0 atom stereocenters. The van der Waals surface area contributed by atoms with Crippen molar-refractivity contribution in [2.45, 2.75) is 13.5 Å². The Hall–Kier alpha value is -1.72. The molecule has 0 unspecified atom stereocenters. The number of hydrogen-bond acceptors (Lipinski definition) is 4. The van der Waals surface area contributed by atoms with Gasteiger partial charge in [0.1, 0.15) is 0 Å². The van der Waals surface area contributed by atoms with E-state index in [9.17, 15) is 0 Å². The molecule has 0 radical (unpaired) electrons. The first-order valence-electron chi connectivity index (χ1n) is 6.73. The number of rotatable bonds is 3. The zero-order valence-electron chi connectivity index (χ0n) is 11.2. The van der Waals surface area contributed by atoms with Crippen LogP contribution in [0.4, 0.5) is 0 Å². The lowest BCUT2D eigenvalue weighted by molar-refractivity contribution is 0.233. The Balaban J connectivity index is 1.84. The summed E-state index contributed by atoms with van der Waals surface area (Å²) in [5, 5.41) is 12.1. The van der Waals surface area contributed by atoms with Gasteiger partial charge in [0.05, 0.1) is 17.6 Å². The molecule has 0 amide bonds. The minimum Gasteiger partial charge on any atom is -0.314 e. The van der Waals surface area contributed by atoms with E-state index in [4.69, 9.17) is 0 Å². The maximum absolute atomic E-state index is 4.41.